The smallest absolute Gasteiger partial charge is 0.408 e. The van der Waals surface area contributed by atoms with Gasteiger partial charge in [0.25, 0.3) is 0 Å². The Morgan fingerprint density at radius 1 is 1.06 bits per heavy atom. The molecule has 32 heavy (non-hydrogen) atoms. The summed E-state index contributed by atoms with van der Waals surface area (Å²) in [5.41, 5.74) is 1.81. The second kappa shape index (κ2) is 12.0. The molecule has 2 rings (SSSR count). The van der Waals surface area contributed by atoms with Gasteiger partial charge < -0.3 is 25.2 Å². The largest absolute Gasteiger partial charge is 0.449 e. The first-order valence-electron chi connectivity index (χ1n) is 9.56. The number of nitrogens with one attached hydrogen (secondary N) is 2. The Balaban J connectivity index is 1.82. The van der Waals surface area contributed by atoms with Gasteiger partial charge in [0, 0.05) is 5.69 Å². The fourth-order valence-electron chi connectivity index (χ4n) is 2.56. The zero-order valence-corrected chi connectivity index (χ0v) is 17.2. The molecule has 9 nitrogen and oxygen atoms in total. The van der Waals surface area contributed by atoms with Gasteiger partial charge in [-0.3, -0.25) is 4.79 Å². The number of amides is 2. The Morgan fingerprint density at radius 3 is 2.28 bits per heavy atom. The summed E-state index contributed by atoms with van der Waals surface area (Å²) >= 11 is 0. The van der Waals surface area contributed by atoms with Crippen molar-refractivity contribution in [2.75, 3.05) is 11.9 Å². The van der Waals surface area contributed by atoms with Crippen LogP contribution in [-0.4, -0.2) is 41.8 Å². The first-order valence-corrected chi connectivity index (χ1v) is 9.56. The molecule has 0 aromatic heterocycles. The van der Waals surface area contributed by atoms with E-state index in [0.717, 1.165) is 0 Å². The summed E-state index contributed by atoms with van der Waals surface area (Å²) in [5.74, 6) is -1.60. The van der Waals surface area contributed by atoms with Gasteiger partial charge in [0.15, 0.2) is 12.6 Å². The number of halogens is 1. The number of anilines is 1. The minimum Gasteiger partial charge on any atom is -0.449 e. The van der Waals surface area contributed by atoms with Crippen molar-refractivity contribution in [2.45, 2.75) is 32.1 Å². The van der Waals surface area contributed by atoms with Gasteiger partial charge in [0.05, 0.1) is 12.5 Å². The van der Waals surface area contributed by atoms with Crippen molar-refractivity contribution in [2.24, 2.45) is 0 Å². The standard InChI is InChI=1S/C22H22FN3O6/c1-14(27)20(21(29)31-11-10-24)26-22(30)32-13-16-4-8-18(9-5-16)25-19(28)12-15-2-6-17(23)7-3-15/h2-9,14,20,27H,11-13H2,1H3,(H,25,28)(H,26,30). The van der Waals surface area contributed by atoms with Crippen LogP contribution in [0.15, 0.2) is 48.5 Å². The number of benzene rings is 2. The molecule has 0 aliphatic carbocycles. The van der Waals surface area contributed by atoms with Crippen molar-refractivity contribution in [3.8, 4) is 6.07 Å². The van der Waals surface area contributed by atoms with Gasteiger partial charge in [0.1, 0.15) is 18.5 Å². The van der Waals surface area contributed by atoms with Crippen LogP contribution in [0, 0.1) is 17.1 Å². The molecular formula is C22H22FN3O6. The third-order valence-corrected chi connectivity index (χ3v) is 4.17. The summed E-state index contributed by atoms with van der Waals surface area (Å²) in [6, 6.07) is 12.4. The second-order valence-electron chi connectivity index (χ2n) is 6.75. The molecule has 2 amide bonds. The van der Waals surface area contributed by atoms with Crippen LogP contribution >= 0.6 is 0 Å². The number of nitrogens with zero attached hydrogens (tertiary/aromatic N) is 1. The molecule has 0 saturated carbocycles. The number of carbonyl (C=O) groups is 3. The lowest BCUT2D eigenvalue weighted by Crippen LogP contribution is -2.48. The topological polar surface area (TPSA) is 138 Å². The van der Waals surface area contributed by atoms with Gasteiger partial charge >= 0.3 is 12.1 Å². The van der Waals surface area contributed by atoms with E-state index in [9.17, 15) is 23.9 Å². The fraction of sp³-hybridized carbons (Fsp3) is 0.273. The van der Waals surface area contributed by atoms with Crippen molar-refractivity contribution in [1.29, 1.82) is 5.26 Å². The van der Waals surface area contributed by atoms with Gasteiger partial charge in [0.2, 0.25) is 5.91 Å². The minimum absolute atomic E-state index is 0.0898. The second-order valence-corrected chi connectivity index (χ2v) is 6.75. The van der Waals surface area contributed by atoms with Gasteiger partial charge in [-0.2, -0.15) is 5.26 Å². The van der Waals surface area contributed by atoms with Crippen LogP contribution < -0.4 is 10.6 Å². The van der Waals surface area contributed by atoms with Crippen LogP contribution in [0.3, 0.4) is 0 Å². The van der Waals surface area contributed by atoms with Crippen molar-refractivity contribution in [3.05, 3.63) is 65.5 Å². The average Bonchev–Trinajstić information content (AvgIpc) is 2.76. The molecule has 3 N–H and O–H groups in total. The highest BCUT2D eigenvalue weighted by Crippen LogP contribution is 2.12. The highest BCUT2D eigenvalue weighted by atomic mass is 19.1. The van der Waals surface area contributed by atoms with Crippen LogP contribution in [0.5, 0.6) is 0 Å². The quantitative estimate of drug-likeness (QED) is 0.504. The molecular weight excluding hydrogens is 421 g/mol. The van der Waals surface area contributed by atoms with E-state index in [1.807, 2.05) is 0 Å². The molecule has 0 fully saturated rings. The number of ether oxygens (including phenoxy) is 2. The lowest BCUT2D eigenvalue weighted by Gasteiger charge is -2.19. The van der Waals surface area contributed by atoms with E-state index in [1.54, 1.807) is 30.3 Å². The lowest BCUT2D eigenvalue weighted by molar-refractivity contribution is -0.147. The Morgan fingerprint density at radius 2 is 1.69 bits per heavy atom. The van der Waals surface area contributed by atoms with Crippen LogP contribution in [0.25, 0.3) is 0 Å². The number of rotatable bonds is 9. The summed E-state index contributed by atoms with van der Waals surface area (Å²) in [7, 11) is 0. The van der Waals surface area contributed by atoms with Gasteiger partial charge in [-0.05, 0) is 42.3 Å². The molecule has 10 heteroatoms. The summed E-state index contributed by atoms with van der Waals surface area (Å²) < 4.78 is 22.5. The van der Waals surface area contributed by atoms with Crippen molar-refractivity contribution in [1.82, 2.24) is 5.32 Å². The van der Waals surface area contributed by atoms with Crippen LogP contribution in [0.1, 0.15) is 18.1 Å². The van der Waals surface area contributed by atoms with E-state index in [0.29, 0.717) is 16.8 Å². The number of aliphatic hydroxyl groups excluding tert-OH is 1. The molecule has 2 unspecified atom stereocenters. The Labute approximate surface area is 183 Å². The van der Waals surface area contributed by atoms with Gasteiger partial charge in [-0.15, -0.1) is 0 Å². The van der Waals surface area contributed by atoms with Crippen LogP contribution in [0.2, 0.25) is 0 Å². The average molecular weight is 443 g/mol. The normalized spacial score (nSPS) is 12.1. The monoisotopic (exact) mass is 443 g/mol. The zero-order valence-electron chi connectivity index (χ0n) is 17.2. The van der Waals surface area contributed by atoms with Gasteiger partial charge in [-0.1, -0.05) is 24.3 Å². The molecule has 0 radical (unpaired) electrons. The summed E-state index contributed by atoms with van der Waals surface area (Å²) in [4.78, 5) is 35.8. The number of alkyl carbamates (subject to hydrolysis) is 1. The third-order valence-electron chi connectivity index (χ3n) is 4.17. The molecule has 0 saturated heterocycles. The number of aliphatic hydroxyl groups is 1. The van der Waals surface area contributed by atoms with E-state index >= 15 is 0 Å². The van der Waals surface area contributed by atoms with Crippen molar-refractivity contribution < 1.29 is 33.4 Å². The SMILES string of the molecule is CC(O)C(NC(=O)OCc1ccc(NC(=O)Cc2ccc(F)cc2)cc1)C(=O)OCC#N. The molecule has 0 aliphatic rings. The molecule has 0 bridgehead atoms. The third kappa shape index (κ3) is 8.04. The van der Waals surface area contributed by atoms with E-state index in [1.165, 1.54) is 31.2 Å². The predicted molar refractivity (Wildman–Crippen MR) is 111 cm³/mol. The predicted octanol–water partition coefficient (Wildman–Crippen LogP) is 2.05. The molecule has 2 atom stereocenters. The van der Waals surface area contributed by atoms with Crippen LogP contribution in [-0.2, 0) is 32.1 Å². The number of hydrogen-bond acceptors (Lipinski definition) is 7. The Bertz CT molecular complexity index is 971. The number of nitriles is 1. The molecule has 2 aromatic rings. The summed E-state index contributed by atoms with van der Waals surface area (Å²) in [6.45, 7) is 0.642. The molecule has 0 spiro atoms. The lowest BCUT2D eigenvalue weighted by atomic mass is 10.1. The zero-order chi connectivity index (χ0) is 23.5. The minimum atomic E-state index is -1.38. The molecule has 0 aliphatic heterocycles. The van der Waals surface area contributed by atoms with E-state index in [2.05, 4.69) is 15.4 Å². The Kier molecular flexibility index (Phi) is 9.13. The van der Waals surface area contributed by atoms with Gasteiger partial charge in [-0.25, -0.2) is 14.0 Å². The molecule has 0 heterocycles. The summed E-state index contributed by atoms with van der Waals surface area (Å²) in [6.07, 6.45) is -2.12. The van der Waals surface area contributed by atoms with E-state index < -0.39 is 30.8 Å². The molecule has 2 aromatic carbocycles. The number of carbonyl (C=O) groups excluding carboxylic acids is 3. The number of hydrogen-bond donors (Lipinski definition) is 3. The fourth-order valence-corrected chi connectivity index (χ4v) is 2.56. The van der Waals surface area contributed by atoms with Crippen molar-refractivity contribution in [3.63, 3.8) is 0 Å². The first kappa shape index (κ1) is 24.3. The first-order chi connectivity index (χ1) is 15.3. The molecule has 168 valence electrons. The maximum absolute atomic E-state index is 12.9. The highest BCUT2D eigenvalue weighted by Gasteiger charge is 2.27. The Hall–Kier alpha value is -3.97. The van der Waals surface area contributed by atoms with E-state index in [-0.39, 0.29) is 24.8 Å². The maximum atomic E-state index is 12.9. The maximum Gasteiger partial charge on any atom is 0.408 e. The van der Waals surface area contributed by atoms with E-state index in [4.69, 9.17) is 10.00 Å². The number of esters is 1. The highest BCUT2D eigenvalue weighted by molar-refractivity contribution is 5.92. The summed E-state index contributed by atoms with van der Waals surface area (Å²) in [5, 5.41) is 22.9. The van der Waals surface area contributed by atoms with Crippen LogP contribution in [0.4, 0.5) is 14.9 Å². The van der Waals surface area contributed by atoms with Crippen molar-refractivity contribution >= 4 is 23.7 Å².